The Hall–Kier alpha value is -2.68. The van der Waals surface area contributed by atoms with E-state index in [-0.39, 0.29) is 11.1 Å². The van der Waals surface area contributed by atoms with Gasteiger partial charge in [-0.2, -0.15) is 0 Å². The number of allylic oxidation sites excluding steroid dienone is 1. The smallest absolute Gasteiger partial charge is 0.338 e. The highest BCUT2D eigenvalue weighted by Crippen LogP contribution is 2.37. The first kappa shape index (κ1) is 21.5. The zero-order valence-corrected chi connectivity index (χ0v) is 19.7. The zero-order valence-electron chi connectivity index (χ0n) is 17.3. The summed E-state index contributed by atoms with van der Waals surface area (Å²) < 4.78 is 12.6. The zero-order chi connectivity index (χ0) is 22.3. The Labute approximate surface area is 191 Å². The number of fused-ring (bicyclic) bond motifs is 1. The number of carbonyl (C=O) groups excluding carboxylic acids is 1. The van der Waals surface area contributed by atoms with Gasteiger partial charge in [-0.1, -0.05) is 22.9 Å². The number of carbonyl (C=O) groups is 1. The summed E-state index contributed by atoms with van der Waals surface area (Å²) >= 11 is 9.12. The fourth-order valence-electron chi connectivity index (χ4n) is 3.56. The highest BCUT2D eigenvalue weighted by Gasteiger charge is 2.35. The van der Waals surface area contributed by atoms with Crippen molar-refractivity contribution in [3.05, 3.63) is 81.6 Å². The quantitative estimate of drug-likeness (QED) is 0.543. The number of hydrogen-bond acceptors (Lipinski definition) is 7. The molecule has 0 fully saturated rings. The van der Waals surface area contributed by atoms with Gasteiger partial charge in [-0.15, -0.1) is 11.3 Å². The van der Waals surface area contributed by atoms with Gasteiger partial charge in [0.2, 0.25) is 0 Å². The monoisotopic (exact) mass is 474 g/mol. The number of nitrogens with zero attached hydrogens (tertiary/aromatic N) is 2. The van der Waals surface area contributed by atoms with Crippen molar-refractivity contribution in [2.45, 2.75) is 19.9 Å². The van der Waals surface area contributed by atoms with Crippen molar-refractivity contribution in [2.75, 3.05) is 14.2 Å². The Balaban J connectivity index is 2.05. The van der Waals surface area contributed by atoms with Crippen molar-refractivity contribution in [3.8, 4) is 5.75 Å². The minimum Gasteiger partial charge on any atom is -0.496 e. The summed E-state index contributed by atoms with van der Waals surface area (Å²) in [5.41, 5.74) is 2.20. The maximum absolute atomic E-state index is 13.5. The SMILES string of the molecule is COC(=O)C1=C(C)N=c2s/c(=C\c3sccc3C)c(=O)n2[C@H]1c1cc(Cl)ccc1OC. The lowest BCUT2D eigenvalue weighted by atomic mass is 9.95. The Morgan fingerprint density at radius 1 is 1.26 bits per heavy atom. The lowest BCUT2D eigenvalue weighted by Gasteiger charge is -2.25. The van der Waals surface area contributed by atoms with Crippen LogP contribution in [0.1, 0.15) is 29.0 Å². The molecule has 1 aromatic carbocycles. The van der Waals surface area contributed by atoms with Crippen molar-refractivity contribution in [1.82, 2.24) is 4.57 Å². The number of ether oxygens (including phenoxy) is 2. The molecule has 6 nitrogen and oxygen atoms in total. The maximum atomic E-state index is 13.5. The first-order valence-electron chi connectivity index (χ1n) is 9.34. The summed E-state index contributed by atoms with van der Waals surface area (Å²) in [7, 11) is 2.84. The predicted octanol–water partition coefficient (Wildman–Crippen LogP) is 3.44. The summed E-state index contributed by atoms with van der Waals surface area (Å²) in [4.78, 5) is 32.3. The van der Waals surface area contributed by atoms with Gasteiger partial charge >= 0.3 is 5.97 Å². The van der Waals surface area contributed by atoms with Crippen LogP contribution in [0, 0.1) is 6.92 Å². The van der Waals surface area contributed by atoms with Gasteiger partial charge in [0.25, 0.3) is 5.56 Å². The molecule has 2 aromatic heterocycles. The molecule has 3 aromatic rings. The molecule has 3 heterocycles. The fraction of sp³-hybridized carbons (Fsp3) is 0.227. The molecule has 4 rings (SSSR count). The third-order valence-electron chi connectivity index (χ3n) is 5.08. The van der Waals surface area contributed by atoms with Crippen LogP contribution in [0.3, 0.4) is 0 Å². The van der Waals surface area contributed by atoms with Crippen molar-refractivity contribution >= 4 is 46.3 Å². The lowest BCUT2D eigenvalue weighted by Crippen LogP contribution is -2.40. The van der Waals surface area contributed by atoms with Crippen LogP contribution in [0.4, 0.5) is 0 Å². The number of thiazole rings is 1. The van der Waals surface area contributed by atoms with Gasteiger partial charge < -0.3 is 9.47 Å². The van der Waals surface area contributed by atoms with Crippen LogP contribution in [0.15, 0.2) is 50.7 Å². The largest absolute Gasteiger partial charge is 0.496 e. The van der Waals surface area contributed by atoms with Crippen molar-refractivity contribution in [3.63, 3.8) is 0 Å². The van der Waals surface area contributed by atoms with Gasteiger partial charge in [-0.05, 0) is 55.1 Å². The second-order valence-corrected chi connectivity index (χ2v) is 9.32. The van der Waals surface area contributed by atoms with E-state index in [9.17, 15) is 9.59 Å². The van der Waals surface area contributed by atoms with Gasteiger partial charge in [-0.25, -0.2) is 9.79 Å². The Morgan fingerprint density at radius 3 is 2.68 bits per heavy atom. The third kappa shape index (κ3) is 3.75. The number of thiophene rings is 1. The molecule has 0 saturated carbocycles. The van der Waals surface area contributed by atoms with E-state index in [0.717, 1.165) is 10.4 Å². The van der Waals surface area contributed by atoms with E-state index in [2.05, 4.69) is 4.99 Å². The molecule has 0 saturated heterocycles. The molecule has 0 N–H and O–H groups in total. The van der Waals surface area contributed by atoms with Crippen LogP contribution in [0.25, 0.3) is 6.08 Å². The van der Waals surface area contributed by atoms with Gasteiger partial charge in [-0.3, -0.25) is 9.36 Å². The summed E-state index contributed by atoms with van der Waals surface area (Å²) in [6, 6.07) is 6.35. The number of benzene rings is 1. The van der Waals surface area contributed by atoms with E-state index in [1.807, 2.05) is 24.4 Å². The third-order valence-corrected chi connectivity index (χ3v) is 7.26. The first-order chi connectivity index (χ1) is 14.8. The minimum atomic E-state index is -0.774. The van der Waals surface area contributed by atoms with Gasteiger partial charge in [0.05, 0.1) is 30.0 Å². The normalized spacial score (nSPS) is 16.2. The molecule has 0 aliphatic carbocycles. The number of halogens is 1. The molecule has 0 bridgehead atoms. The second-order valence-electron chi connectivity index (χ2n) is 6.93. The summed E-state index contributed by atoms with van der Waals surface area (Å²) in [5.74, 6) is -0.0501. The number of hydrogen-bond donors (Lipinski definition) is 0. The predicted molar refractivity (Wildman–Crippen MR) is 123 cm³/mol. The maximum Gasteiger partial charge on any atom is 0.338 e. The second kappa shape index (κ2) is 8.45. The minimum absolute atomic E-state index is 0.238. The van der Waals surface area contributed by atoms with E-state index >= 15 is 0 Å². The summed E-state index contributed by atoms with van der Waals surface area (Å²) in [6.07, 6.45) is 1.87. The number of aryl methyl sites for hydroxylation is 1. The number of rotatable bonds is 4. The molecule has 160 valence electrons. The first-order valence-corrected chi connectivity index (χ1v) is 11.4. The number of methoxy groups -OCH3 is 2. The molecule has 1 aliphatic heterocycles. The molecule has 9 heteroatoms. The number of aromatic nitrogens is 1. The van der Waals surface area contributed by atoms with E-state index in [1.54, 1.807) is 36.5 Å². The van der Waals surface area contributed by atoms with Crippen LogP contribution in [0.5, 0.6) is 5.75 Å². The Kier molecular flexibility index (Phi) is 5.88. The van der Waals surface area contributed by atoms with Gasteiger partial charge in [0, 0.05) is 15.5 Å². The standard InChI is InChI=1S/C22H19ClN2O4S2/c1-11-7-8-30-16(11)10-17-20(26)25-19(14-9-13(23)5-6-15(14)28-3)18(21(27)29-4)12(2)24-22(25)31-17/h5-10,19H,1-4H3/b17-10-/t19-/m0/s1. The average molecular weight is 475 g/mol. The van der Waals surface area contributed by atoms with E-state index in [1.165, 1.54) is 30.1 Å². The molecule has 1 aliphatic rings. The highest BCUT2D eigenvalue weighted by atomic mass is 35.5. The van der Waals surface area contributed by atoms with E-state index < -0.39 is 12.0 Å². The molecule has 0 spiro atoms. The van der Waals surface area contributed by atoms with Gasteiger partial charge in [0.15, 0.2) is 4.80 Å². The van der Waals surface area contributed by atoms with Gasteiger partial charge in [0.1, 0.15) is 11.8 Å². The van der Waals surface area contributed by atoms with Crippen LogP contribution in [0.2, 0.25) is 5.02 Å². The highest BCUT2D eigenvalue weighted by molar-refractivity contribution is 7.11. The Bertz CT molecular complexity index is 1400. The van der Waals surface area contributed by atoms with Crippen LogP contribution in [-0.4, -0.2) is 24.8 Å². The van der Waals surface area contributed by atoms with Crippen LogP contribution < -0.4 is 19.6 Å². The molecule has 31 heavy (non-hydrogen) atoms. The molecule has 1 atom stereocenters. The van der Waals surface area contributed by atoms with Crippen molar-refractivity contribution in [1.29, 1.82) is 0 Å². The van der Waals surface area contributed by atoms with E-state index in [0.29, 0.717) is 31.4 Å². The van der Waals surface area contributed by atoms with Crippen LogP contribution in [-0.2, 0) is 9.53 Å². The number of esters is 1. The fourth-order valence-corrected chi connectivity index (χ4v) is 5.70. The topological polar surface area (TPSA) is 69.9 Å². The summed E-state index contributed by atoms with van der Waals surface area (Å²) in [5, 5.41) is 2.45. The molecule has 0 radical (unpaired) electrons. The van der Waals surface area contributed by atoms with Crippen molar-refractivity contribution in [2.24, 2.45) is 4.99 Å². The van der Waals surface area contributed by atoms with Crippen molar-refractivity contribution < 1.29 is 14.3 Å². The van der Waals surface area contributed by atoms with E-state index in [4.69, 9.17) is 21.1 Å². The molecule has 0 amide bonds. The van der Waals surface area contributed by atoms with Crippen LogP contribution >= 0.6 is 34.3 Å². The summed E-state index contributed by atoms with van der Waals surface area (Å²) in [6.45, 7) is 3.73. The average Bonchev–Trinajstić information content (AvgIpc) is 3.29. The molecule has 0 unspecified atom stereocenters. The lowest BCUT2D eigenvalue weighted by molar-refractivity contribution is -0.136. The molecular formula is C22H19ClN2O4S2. The molecular weight excluding hydrogens is 456 g/mol. The Morgan fingerprint density at radius 2 is 2.03 bits per heavy atom.